The predicted molar refractivity (Wildman–Crippen MR) is 75.4 cm³/mol. The minimum absolute atomic E-state index is 0.00513. The minimum atomic E-state index is -4.00. The van der Waals surface area contributed by atoms with E-state index in [4.69, 9.17) is 10.7 Å². The van der Waals surface area contributed by atoms with Crippen molar-refractivity contribution in [2.24, 2.45) is 0 Å². The standard InChI is InChI=1S/C12H18ClN3O3S/c1-3-8(4-2)14-12(17)10-11(20(13,18)19)9(15-16-10)7-5-6-7/h7-8H,3-6H2,1-2H3,(H,14,17)(H,15,16). The molecule has 1 aliphatic carbocycles. The third kappa shape index (κ3) is 3.15. The Hall–Kier alpha value is -1.08. The summed E-state index contributed by atoms with van der Waals surface area (Å²) in [6.07, 6.45) is 3.31. The fourth-order valence-corrected chi connectivity index (χ4v) is 3.45. The lowest BCUT2D eigenvalue weighted by Gasteiger charge is -2.13. The maximum Gasteiger partial charge on any atom is 0.273 e. The smallest absolute Gasteiger partial charge is 0.273 e. The van der Waals surface area contributed by atoms with Crippen LogP contribution >= 0.6 is 10.7 Å². The molecule has 2 N–H and O–H groups in total. The monoisotopic (exact) mass is 319 g/mol. The average molecular weight is 320 g/mol. The molecule has 0 aliphatic heterocycles. The van der Waals surface area contributed by atoms with Crippen molar-refractivity contribution in [3.8, 4) is 0 Å². The fraction of sp³-hybridized carbons (Fsp3) is 0.667. The molecular formula is C12H18ClN3O3S. The van der Waals surface area contributed by atoms with E-state index in [1.54, 1.807) is 0 Å². The van der Waals surface area contributed by atoms with Gasteiger partial charge in [0.25, 0.3) is 15.0 Å². The van der Waals surface area contributed by atoms with E-state index < -0.39 is 15.0 Å². The number of halogens is 1. The van der Waals surface area contributed by atoms with Crippen LogP contribution in [0.2, 0.25) is 0 Å². The summed E-state index contributed by atoms with van der Waals surface area (Å²) in [4.78, 5) is 12.0. The second-order valence-electron chi connectivity index (χ2n) is 5.01. The van der Waals surface area contributed by atoms with Crippen LogP contribution in [0.5, 0.6) is 0 Å². The highest BCUT2D eigenvalue weighted by Gasteiger charge is 2.36. The Labute approximate surface area is 122 Å². The van der Waals surface area contributed by atoms with E-state index in [0.29, 0.717) is 5.69 Å². The van der Waals surface area contributed by atoms with E-state index in [-0.39, 0.29) is 22.5 Å². The molecule has 0 aromatic carbocycles. The van der Waals surface area contributed by atoms with Crippen molar-refractivity contribution < 1.29 is 13.2 Å². The summed E-state index contributed by atoms with van der Waals surface area (Å²) in [5.41, 5.74) is 0.323. The highest BCUT2D eigenvalue weighted by Crippen LogP contribution is 2.43. The maximum atomic E-state index is 12.2. The molecule has 1 fully saturated rings. The number of rotatable bonds is 6. The number of H-pyrrole nitrogens is 1. The molecule has 2 rings (SSSR count). The van der Waals surface area contributed by atoms with Crippen molar-refractivity contribution in [1.29, 1.82) is 0 Å². The molecule has 0 atom stereocenters. The second-order valence-corrected chi connectivity index (χ2v) is 7.52. The lowest BCUT2D eigenvalue weighted by molar-refractivity contribution is 0.0926. The van der Waals surface area contributed by atoms with Crippen LogP contribution < -0.4 is 5.32 Å². The predicted octanol–water partition coefficient (Wildman–Crippen LogP) is 2.13. The average Bonchev–Trinajstić information content (AvgIpc) is 3.12. The zero-order chi connectivity index (χ0) is 14.9. The van der Waals surface area contributed by atoms with Gasteiger partial charge in [-0.15, -0.1) is 0 Å². The van der Waals surface area contributed by atoms with Crippen molar-refractivity contribution in [3.05, 3.63) is 11.4 Å². The molecule has 0 unspecified atom stereocenters. The van der Waals surface area contributed by atoms with Crippen molar-refractivity contribution >= 4 is 25.6 Å². The largest absolute Gasteiger partial charge is 0.348 e. The number of amides is 1. The number of hydrogen-bond donors (Lipinski definition) is 2. The first-order valence-electron chi connectivity index (χ1n) is 6.72. The SMILES string of the molecule is CCC(CC)NC(=O)c1n[nH]c(C2CC2)c1S(=O)(=O)Cl. The molecule has 1 amide bonds. The van der Waals surface area contributed by atoms with Gasteiger partial charge in [0.1, 0.15) is 4.90 Å². The second kappa shape index (κ2) is 5.73. The Balaban J connectivity index is 2.34. The first kappa shape index (κ1) is 15.3. The molecule has 20 heavy (non-hydrogen) atoms. The number of hydrogen-bond acceptors (Lipinski definition) is 4. The summed E-state index contributed by atoms with van der Waals surface area (Å²) in [5, 5.41) is 9.30. The zero-order valence-corrected chi connectivity index (χ0v) is 13.0. The van der Waals surface area contributed by atoms with Crippen LogP contribution in [0, 0.1) is 0 Å². The van der Waals surface area contributed by atoms with Gasteiger partial charge in [-0.1, -0.05) is 13.8 Å². The topological polar surface area (TPSA) is 91.9 Å². The first-order valence-corrected chi connectivity index (χ1v) is 9.03. The van der Waals surface area contributed by atoms with Crippen LogP contribution in [-0.4, -0.2) is 30.6 Å². The van der Waals surface area contributed by atoms with E-state index in [1.807, 2.05) is 13.8 Å². The molecule has 0 spiro atoms. The molecule has 6 nitrogen and oxygen atoms in total. The van der Waals surface area contributed by atoms with E-state index in [9.17, 15) is 13.2 Å². The van der Waals surface area contributed by atoms with Gasteiger partial charge in [-0.05, 0) is 25.7 Å². The number of carbonyl (C=O) groups is 1. The molecule has 1 aromatic rings. The number of carbonyl (C=O) groups excluding carboxylic acids is 1. The summed E-state index contributed by atoms with van der Waals surface area (Å²) in [7, 11) is 1.46. The minimum Gasteiger partial charge on any atom is -0.348 e. The van der Waals surface area contributed by atoms with Crippen molar-refractivity contribution in [3.63, 3.8) is 0 Å². The van der Waals surface area contributed by atoms with Crippen LogP contribution in [0.4, 0.5) is 0 Å². The van der Waals surface area contributed by atoms with Crippen LogP contribution in [0.15, 0.2) is 4.90 Å². The number of nitrogens with one attached hydrogen (secondary N) is 2. The van der Waals surface area contributed by atoms with Crippen molar-refractivity contribution in [1.82, 2.24) is 15.5 Å². The van der Waals surface area contributed by atoms with Crippen LogP contribution in [0.3, 0.4) is 0 Å². The summed E-state index contributed by atoms with van der Waals surface area (Å²) in [6.45, 7) is 3.90. The molecular weight excluding hydrogens is 302 g/mol. The third-order valence-corrected chi connectivity index (χ3v) is 4.88. The highest BCUT2D eigenvalue weighted by atomic mass is 35.7. The lowest BCUT2D eigenvalue weighted by Crippen LogP contribution is -2.34. The molecule has 0 radical (unpaired) electrons. The van der Waals surface area contributed by atoms with Gasteiger partial charge in [0, 0.05) is 22.6 Å². The van der Waals surface area contributed by atoms with Crippen molar-refractivity contribution in [2.45, 2.75) is 56.4 Å². The van der Waals surface area contributed by atoms with E-state index >= 15 is 0 Å². The number of aromatic nitrogens is 2. The van der Waals surface area contributed by atoms with Gasteiger partial charge in [-0.2, -0.15) is 5.10 Å². The zero-order valence-electron chi connectivity index (χ0n) is 11.4. The van der Waals surface area contributed by atoms with Crippen LogP contribution in [0.25, 0.3) is 0 Å². The van der Waals surface area contributed by atoms with Crippen LogP contribution in [-0.2, 0) is 9.05 Å². The van der Waals surface area contributed by atoms with E-state index in [0.717, 1.165) is 25.7 Å². The number of aromatic amines is 1. The molecule has 0 saturated heterocycles. The Morgan fingerprint density at radius 3 is 2.50 bits per heavy atom. The fourth-order valence-electron chi connectivity index (χ4n) is 2.14. The van der Waals surface area contributed by atoms with Gasteiger partial charge in [-0.25, -0.2) is 8.42 Å². The maximum absolute atomic E-state index is 12.2. The van der Waals surface area contributed by atoms with E-state index in [1.165, 1.54) is 0 Å². The molecule has 112 valence electrons. The summed E-state index contributed by atoms with van der Waals surface area (Å²) in [5.74, 6) is -0.387. The van der Waals surface area contributed by atoms with Crippen molar-refractivity contribution in [2.75, 3.05) is 0 Å². The Bertz CT molecular complexity index is 603. The first-order chi connectivity index (χ1) is 9.38. The molecule has 1 aromatic heterocycles. The molecule has 8 heteroatoms. The highest BCUT2D eigenvalue weighted by molar-refractivity contribution is 8.13. The third-order valence-electron chi connectivity index (χ3n) is 3.51. The Morgan fingerprint density at radius 1 is 1.45 bits per heavy atom. The van der Waals surface area contributed by atoms with Gasteiger partial charge in [-0.3, -0.25) is 9.89 Å². The summed E-state index contributed by atoms with van der Waals surface area (Å²) < 4.78 is 23.4. The van der Waals surface area contributed by atoms with Gasteiger partial charge < -0.3 is 5.32 Å². The van der Waals surface area contributed by atoms with Crippen LogP contribution in [0.1, 0.15) is 61.6 Å². The van der Waals surface area contributed by atoms with E-state index in [2.05, 4.69) is 15.5 Å². The van der Waals surface area contributed by atoms with Gasteiger partial charge >= 0.3 is 0 Å². The number of nitrogens with zero attached hydrogens (tertiary/aromatic N) is 1. The summed E-state index contributed by atoms with van der Waals surface area (Å²) >= 11 is 0. The van der Waals surface area contributed by atoms with Gasteiger partial charge in [0.2, 0.25) is 0 Å². The quantitative estimate of drug-likeness (QED) is 0.786. The molecule has 0 bridgehead atoms. The van der Waals surface area contributed by atoms with Gasteiger partial charge in [0.05, 0.1) is 5.69 Å². The Morgan fingerprint density at radius 2 is 2.05 bits per heavy atom. The molecule has 1 saturated carbocycles. The Kier molecular flexibility index (Phi) is 4.39. The normalized spacial score (nSPS) is 15.6. The molecule has 1 aliphatic rings. The molecule has 1 heterocycles. The summed E-state index contributed by atoms with van der Waals surface area (Å²) in [6, 6.07) is -0.00513. The lowest BCUT2D eigenvalue weighted by atomic mass is 10.1. The van der Waals surface area contributed by atoms with Gasteiger partial charge in [0.15, 0.2) is 5.69 Å².